The average molecular weight is 1910 g/mol. The Morgan fingerprint density at radius 1 is 0.167 bits per heavy atom. The van der Waals surface area contributed by atoms with Gasteiger partial charge in [0.1, 0.15) is 11.5 Å². The number of rotatable bonds is 7. The Hall–Kier alpha value is -20.3. The van der Waals surface area contributed by atoms with Crippen LogP contribution in [-0.2, 0) is 0 Å². The zero-order valence-corrected chi connectivity index (χ0v) is 80.6. The SMILES string of the molecule is c1cc(-n2c3ccccc3c3c4c5c6ccccc6ccc5n5c6ccccc6c(cc32)c45)cc(-n2c3ccccc3c3cccnc32)c1.c1ccc(-c2ccc(-c3nc(-n4c5ccccc5c5c6c7c8ccccc8ccc7n7c8ccccc8c(cc54)c67)c4ccccc4n3)cc2)cc1.c1ccc2c(c1)ccc1c2c2c3c4ccccc4n(-c4ccc(-n5c6ccccc6c6ccncc65)cc4)c3cc3c4ccccc4n1c32. The predicted molar refractivity (Wildman–Crippen MR) is 627 cm³/mol. The van der Waals surface area contributed by atoms with Gasteiger partial charge in [-0.15, -0.1) is 0 Å². The van der Waals surface area contributed by atoms with Crippen molar-refractivity contribution in [2.75, 3.05) is 0 Å². The van der Waals surface area contributed by atoms with Gasteiger partial charge in [0.25, 0.3) is 0 Å². The minimum atomic E-state index is 0.706. The van der Waals surface area contributed by atoms with Crippen LogP contribution < -0.4 is 0 Å². The summed E-state index contributed by atoms with van der Waals surface area (Å²) in [6.07, 6.45) is 5.74. The topological polar surface area (TPSA) is 89.4 Å². The van der Waals surface area contributed by atoms with Crippen molar-refractivity contribution in [1.82, 2.24) is 56.0 Å². The molecule has 0 aliphatic rings. The summed E-state index contributed by atoms with van der Waals surface area (Å²) in [6.45, 7) is 0. The second kappa shape index (κ2) is 30.6. The average Bonchev–Trinajstić information content (AvgIpc) is 1.52. The van der Waals surface area contributed by atoms with Crippen molar-refractivity contribution in [1.29, 1.82) is 0 Å². The van der Waals surface area contributed by atoms with E-state index in [9.17, 15) is 0 Å². The zero-order chi connectivity index (χ0) is 97.5. The van der Waals surface area contributed by atoms with Gasteiger partial charge in [0.2, 0.25) is 0 Å². The highest BCUT2D eigenvalue weighted by Gasteiger charge is 2.32. The number of pyridine rings is 2. The second-order valence-electron chi connectivity index (χ2n) is 40.1. The highest BCUT2D eigenvalue weighted by Crippen LogP contribution is 2.55. The molecule has 0 unspecified atom stereocenters. The van der Waals surface area contributed by atoms with Gasteiger partial charge in [-0.25, -0.2) is 15.0 Å². The number of hydrogen-bond donors (Lipinski definition) is 0. The third-order valence-electron chi connectivity index (χ3n) is 32.6. The molecule has 0 fully saturated rings. The Kier molecular flexibility index (Phi) is 16.6. The van der Waals surface area contributed by atoms with Gasteiger partial charge in [0, 0.05) is 165 Å². The molecule has 692 valence electrons. The lowest BCUT2D eigenvalue weighted by Gasteiger charge is -2.13. The molecule has 22 aromatic carbocycles. The van der Waals surface area contributed by atoms with Gasteiger partial charge >= 0.3 is 0 Å². The van der Waals surface area contributed by atoms with Crippen LogP contribution in [0, 0.1) is 0 Å². The first-order chi connectivity index (χ1) is 74.5. The van der Waals surface area contributed by atoms with E-state index in [1.165, 1.54) is 234 Å². The molecule has 0 radical (unpaired) electrons. The third-order valence-corrected chi connectivity index (χ3v) is 32.6. The van der Waals surface area contributed by atoms with Crippen molar-refractivity contribution < 1.29 is 0 Å². The molecule has 36 rings (SSSR count). The van der Waals surface area contributed by atoms with Crippen molar-refractivity contribution >= 4 is 267 Å². The number of benzene rings is 22. The van der Waals surface area contributed by atoms with E-state index in [1.54, 1.807) is 0 Å². The maximum Gasteiger partial charge on any atom is 0.162 e. The Labute approximate surface area is 853 Å². The van der Waals surface area contributed by atoms with Gasteiger partial charge in [-0.05, 0) is 201 Å². The lowest BCUT2D eigenvalue weighted by atomic mass is 9.98. The van der Waals surface area contributed by atoms with E-state index in [0.29, 0.717) is 5.82 Å². The largest absolute Gasteiger partial charge is 0.309 e. The van der Waals surface area contributed by atoms with Crippen LogP contribution in [0.5, 0.6) is 0 Å². The van der Waals surface area contributed by atoms with Gasteiger partial charge in [-0.3, -0.25) is 14.1 Å². The monoisotopic (exact) mass is 1900 g/mol. The molecule has 0 aliphatic heterocycles. The molecule has 0 aliphatic carbocycles. The summed E-state index contributed by atoms with van der Waals surface area (Å²) in [4.78, 5) is 20.0. The van der Waals surface area contributed by atoms with Crippen molar-refractivity contribution in [2.24, 2.45) is 0 Å². The number of hydrogen-bond acceptors (Lipinski definition) is 4. The van der Waals surface area contributed by atoms with Gasteiger partial charge in [0.05, 0.1) is 111 Å². The summed E-state index contributed by atoms with van der Waals surface area (Å²) in [7, 11) is 0. The minimum absolute atomic E-state index is 0.706. The summed E-state index contributed by atoms with van der Waals surface area (Å²) in [5.41, 5.74) is 31.6. The molecule has 0 atom stereocenters. The highest BCUT2D eigenvalue weighted by molar-refractivity contribution is 6.43. The van der Waals surface area contributed by atoms with E-state index in [0.717, 1.165) is 78.1 Å². The quantitative estimate of drug-likeness (QED) is 0.159. The first kappa shape index (κ1) is 81.1. The first-order valence-electron chi connectivity index (χ1n) is 51.4. The smallest absolute Gasteiger partial charge is 0.162 e. The molecule has 150 heavy (non-hydrogen) atoms. The van der Waals surface area contributed by atoms with E-state index in [-0.39, 0.29) is 0 Å². The molecule has 12 nitrogen and oxygen atoms in total. The molecule has 14 heterocycles. The fourth-order valence-corrected chi connectivity index (χ4v) is 26.6. The van der Waals surface area contributed by atoms with E-state index in [4.69, 9.17) is 15.0 Å². The zero-order valence-electron chi connectivity index (χ0n) is 80.6. The van der Waals surface area contributed by atoms with Gasteiger partial charge in [0.15, 0.2) is 5.82 Å². The Bertz CT molecular complexity index is 12100. The van der Waals surface area contributed by atoms with Crippen LogP contribution >= 0.6 is 0 Å². The molecule has 0 spiro atoms. The molecule has 0 saturated heterocycles. The normalized spacial score (nSPS) is 12.4. The maximum absolute atomic E-state index is 5.46. The third kappa shape index (κ3) is 11.0. The van der Waals surface area contributed by atoms with Crippen LogP contribution in [0.2, 0.25) is 0 Å². The molecular formula is C138H80N12. The number of aromatic nitrogens is 12. The Balaban J connectivity index is 0.0000000957. The van der Waals surface area contributed by atoms with Crippen molar-refractivity contribution in [3.05, 3.63) is 486 Å². The van der Waals surface area contributed by atoms with Crippen LogP contribution in [-0.4, -0.2) is 56.0 Å². The second-order valence-corrected chi connectivity index (χ2v) is 40.1. The molecule has 12 heteroatoms. The number of para-hydroxylation sites is 9. The maximum atomic E-state index is 5.46. The molecule has 36 aromatic rings. The van der Waals surface area contributed by atoms with Crippen LogP contribution in [0.1, 0.15) is 0 Å². The Morgan fingerprint density at radius 2 is 0.507 bits per heavy atom. The molecule has 0 amide bonds. The molecular weight excluding hydrogens is 1830 g/mol. The van der Waals surface area contributed by atoms with E-state index >= 15 is 0 Å². The minimum Gasteiger partial charge on any atom is -0.309 e. The van der Waals surface area contributed by atoms with Crippen LogP contribution in [0.15, 0.2) is 486 Å². The molecule has 0 bridgehead atoms. The summed E-state index contributed by atoms with van der Waals surface area (Å²) < 4.78 is 19.5. The fourth-order valence-electron chi connectivity index (χ4n) is 26.6. The lowest BCUT2D eigenvalue weighted by molar-refractivity contribution is 1.08. The fraction of sp³-hybridized carbons (Fsp3) is 0. The number of nitrogens with zero attached hydrogens (tertiary/aromatic N) is 12. The lowest BCUT2D eigenvalue weighted by Crippen LogP contribution is -2.02. The van der Waals surface area contributed by atoms with Gasteiger partial charge < -0.3 is 26.9 Å². The van der Waals surface area contributed by atoms with Gasteiger partial charge in [-0.2, -0.15) is 0 Å². The van der Waals surface area contributed by atoms with Crippen molar-refractivity contribution in [3.8, 4) is 51.1 Å². The summed E-state index contributed by atoms with van der Waals surface area (Å²) in [5.74, 6) is 1.59. The Morgan fingerprint density at radius 3 is 0.993 bits per heavy atom. The highest BCUT2D eigenvalue weighted by atomic mass is 15.1. The first-order valence-corrected chi connectivity index (χ1v) is 51.4. The van der Waals surface area contributed by atoms with E-state index in [1.807, 2.05) is 24.7 Å². The standard InChI is InChI=1S/C48H28N4.2C45H26N4/c1-2-12-29(13-3-1)30-22-24-32(25-23-30)47-49-38-19-9-6-17-35(38)48(50-47)52-40-21-11-8-18-36(40)44-42(52)28-37-34-16-7-10-20-39(34)51-41-27-26-31-14-4-5-15-33(31)43(41)45(44)46(37)51;1-2-14-30-27(11-1)22-23-39-41(30)43-42-34-17-5-8-21-38(34)47(40(42)26-35-32-16-4-7-20-37(32)49(39)44(35)43)28-12-9-13-29(25-28)48-36-19-6-3-15-31(36)33-18-10-24-46-45(33)48;1-2-10-30-27(9-1)17-22-39-42(30)44-43-34-13-5-8-16-38(34)47(40(43)25-35-32-12-4-7-15-37(32)49(39)45(35)44)28-18-20-29(21-19-28)48-36-14-6-3-11-31(36)33-23-24-46-26-41(33)48/h1-28H;2*1-26H. The van der Waals surface area contributed by atoms with E-state index < -0.39 is 0 Å². The van der Waals surface area contributed by atoms with Crippen LogP contribution in [0.4, 0.5) is 0 Å². The van der Waals surface area contributed by atoms with Gasteiger partial charge in [-0.1, -0.05) is 309 Å². The molecule has 14 aromatic heterocycles. The molecule has 0 saturated carbocycles. The van der Waals surface area contributed by atoms with Crippen LogP contribution in [0.3, 0.4) is 0 Å². The van der Waals surface area contributed by atoms with Crippen molar-refractivity contribution in [2.45, 2.75) is 0 Å². The number of fused-ring (bicyclic) bond motifs is 43. The summed E-state index contributed by atoms with van der Waals surface area (Å²) in [6, 6.07) is 170. The van der Waals surface area contributed by atoms with E-state index in [2.05, 4.69) is 502 Å². The predicted octanol–water partition coefficient (Wildman–Crippen LogP) is 35.5. The molecule has 0 N–H and O–H groups in total. The summed E-state index contributed by atoms with van der Waals surface area (Å²) in [5, 5.41) is 36.6. The summed E-state index contributed by atoms with van der Waals surface area (Å²) >= 11 is 0. The van der Waals surface area contributed by atoms with Crippen molar-refractivity contribution in [3.63, 3.8) is 0 Å². The van der Waals surface area contributed by atoms with Crippen LogP contribution in [0.25, 0.3) is 318 Å².